The largest absolute Gasteiger partial charge is 0.216 e. The lowest BCUT2D eigenvalue weighted by atomic mass is 10.2. The molecule has 0 unspecified atom stereocenters. The van der Waals surface area contributed by atoms with Gasteiger partial charge in [0, 0.05) is 11.0 Å². The van der Waals surface area contributed by atoms with Crippen LogP contribution in [0.5, 0.6) is 0 Å². The Morgan fingerprint density at radius 3 is 2.12 bits per heavy atom. The van der Waals surface area contributed by atoms with E-state index in [1.54, 1.807) is 20.8 Å². The Balaban J connectivity index is 2.69. The highest BCUT2D eigenvalue weighted by Crippen LogP contribution is 2.15. The molecule has 0 amide bonds. The molecule has 0 aliphatic heterocycles. The molecule has 90 valence electrons. The Hall–Kier alpha value is -0.390. The quantitative estimate of drug-likeness (QED) is 0.933. The van der Waals surface area contributed by atoms with Gasteiger partial charge in [0.25, 0.3) is 0 Å². The summed E-state index contributed by atoms with van der Waals surface area (Å²) in [5.74, 6) is 0. The highest BCUT2D eigenvalue weighted by atomic mass is 79.9. The van der Waals surface area contributed by atoms with E-state index in [1.165, 1.54) is 0 Å². The Kier molecular flexibility index (Phi) is 4.15. The number of sulfonamides is 1. The van der Waals surface area contributed by atoms with Gasteiger partial charge in [0.15, 0.2) is 0 Å². The molecule has 0 aliphatic rings. The Bertz CT molecular complexity index is 446. The summed E-state index contributed by atoms with van der Waals surface area (Å²) in [7, 11) is -3.27. The molecule has 0 spiro atoms. The van der Waals surface area contributed by atoms with Crippen molar-refractivity contribution in [2.24, 2.45) is 0 Å². The molecule has 0 aliphatic carbocycles. The van der Waals surface area contributed by atoms with Gasteiger partial charge < -0.3 is 0 Å². The molecule has 3 nitrogen and oxygen atoms in total. The fourth-order valence-electron chi connectivity index (χ4n) is 0.997. The normalized spacial score (nSPS) is 12.8. The summed E-state index contributed by atoms with van der Waals surface area (Å²) in [4.78, 5) is 0. The van der Waals surface area contributed by atoms with E-state index in [0.29, 0.717) is 6.54 Å². The minimum absolute atomic E-state index is 0.326. The van der Waals surface area contributed by atoms with Crippen molar-refractivity contribution >= 4 is 26.0 Å². The molecular formula is C11H16BrNO2S. The van der Waals surface area contributed by atoms with Gasteiger partial charge in [-0.15, -0.1) is 0 Å². The second-order valence-corrected chi connectivity index (χ2v) is 8.00. The van der Waals surface area contributed by atoms with Crippen LogP contribution in [0.3, 0.4) is 0 Å². The first-order valence-corrected chi connectivity index (χ1v) is 7.24. The van der Waals surface area contributed by atoms with Crippen LogP contribution in [-0.2, 0) is 16.6 Å². The van der Waals surface area contributed by atoms with Crippen molar-refractivity contribution in [3.05, 3.63) is 34.3 Å². The van der Waals surface area contributed by atoms with Crippen LogP contribution in [0.25, 0.3) is 0 Å². The van der Waals surface area contributed by atoms with Gasteiger partial charge in [0.2, 0.25) is 10.0 Å². The van der Waals surface area contributed by atoms with Crippen molar-refractivity contribution in [1.82, 2.24) is 4.72 Å². The second-order valence-electron chi connectivity index (χ2n) is 4.56. The summed E-state index contributed by atoms with van der Waals surface area (Å²) in [6.45, 7) is 5.36. The van der Waals surface area contributed by atoms with Gasteiger partial charge in [-0.2, -0.15) is 0 Å². The van der Waals surface area contributed by atoms with E-state index in [1.807, 2.05) is 24.3 Å². The molecule has 0 saturated heterocycles. The molecule has 0 bridgehead atoms. The van der Waals surface area contributed by atoms with Crippen molar-refractivity contribution in [2.75, 3.05) is 0 Å². The number of halogens is 1. The first kappa shape index (κ1) is 13.7. The van der Waals surface area contributed by atoms with Gasteiger partial charge in [-0.05, 0) is 38.5 Å². The van der Waals surface area contributed by atoms with Crippen LogP contribution in [0.15, 0.2) is 28.7 Å². The van der Waals surface area contributed by atoms with Crippen LogP contribution in [0, 0.1) is 0 Å². The van der Waals surface area contributed by atoms with E-state index in [-0.39, 0.29) is 0 Å². The lowest BCUT2D eigenvalue weighted by molar-refractivity contribution is 0.544. The third-order valence-electron chi connectivity index (χ3n) is 2.19. The molecule has 0 saturated carbocycles. The fourth-order valence-corrected chi connectivity index (χ4v) is 2.05. The van der Waals surface area contributed by atoms with Gasteiger partial charge in [-0.25, -0.2) is 13.1 Å². The Morgan fingerprint density at radius 1 is 1.19 bits per heavy atom. The van der Waals surface area contributed by atoms with E-state index in [0.717, 1.165) is 10.0 Å². The van der Waals surface area contributed by atoms with E-state index in [4.69, 9.17) is 0 Å². The average Bonchev–Trinajstić information content (AvgIpc) is 2.15. The molecule has 0 radical (unpaired) electrons. The Morgan fingerprint density at radius 2 is 1.69 bits per heavy atom. The third kappa shape index (κ3) is 3.57. The number of rotatable bonds is 3. The molecule has 1 N–H and O–H groups in total. The molecule has 0 atom stereocenters. The Labute approximate surface area is 105 Å². The minimum atomic E-state index is -3.27. The molecule has 0 aromatic heterocycles. The van der Waals surface area contributed by atoms with Gasteiger partial charge in [0.1, 0.15) is 0 Å². The minimum Gasteiger partial charge on any atom is -0.212 e. The monoisotopic (exact) mass is 305 g/mol. The lowest BCUT2D eigenvalue weighted by Crippen LogP contribution is -2.38. The highest BCUT2D eigenvalue weighted by molar-refractivity contribution is 9.10. The first-order chi connectivity index (χ1) is 7.22. The number of benzene rings is 1. The van der Waals surface area contributed by atoms with Crippen molar-refractivity contribution in [1.29, 1.82) is 0 Å². The van der Waals surface area contributed by atoms with Crippen LogP contribution in [-0.4, -0.2) is 13.2 Å². The number of hydrogen-bond acceptors (Lipinski definition) is 2. The van der Waals surface area contributed by atoms with Crippen LogP contribution >= 0.6 is 15.9 Å². The molecular weight excluding hydrogens is 290 g/mol. The third-order valence-corrected chi connectivity index (χ3v) is 4.85. The molecule has 1 rings (SSSR count). The lowest BCUT2D eigenvalue weighted by Gasteiger charge is -2.19. The predicted molar refractivity (Wildman–Crippen MR) is 69.7 cm³/mol. The summed E-state index contributed by atoms with van der Waals surface area (Å²) in [6.07, 6.45) is 0. The van der Waals surface area contributed by atoms with E-state index in [2.05, 4.69) is 20.7 Å². The maximum absolute atomic E-state index is 11.8. The van der Waals surface area contributed by atoms with Gasteiger partial charge >= 0.3 is 0 Å². The van der Waals surface area contributed by atoms with Crippen molar-refractivity contribution in [3.8, 4) is 0 Å². The van der Waals surface area contributed by atoms with E-state index >= 15 is 0 Å². The predicted octanol–water partition coefficient (Wildman–Crippen LogP) is 2.67. The SMILES string of the molecule is CC(C)(C)S(=O)(=O)NCc1ccc(Br)cc1. The zero-order valence-electron chi connectivity index (χ0n) is 9.62. The maximum Gasteiger partial charge on any atom is 0.216 e. The smallest absolute Gasteiger partial charge is 0.212 e. The topological polar surface area (TPSA) is 46.2 Å². The van der Waals surface area contributed by atoms with E-state index < -0.39 is 14.8 Å². The summed E-state index contributed by atoms with van der Waals surface area (Å²) in [5.41, 5.74) is 0.941. The van der Waals surface area contributed by atoms with Crippen LogP contribution in [0.2, 0.25) is 0 Å². The molecule has 0 fully saturated rings. The summed E-state index contributed by atoms with van der Waals surface area (Å²) >= 11 is 3.33. The van der Waals surface area contributed by atoms with Crippen LogP contribution in [0.4, 0.5) is 0 Å². The summed E-state index contributed by atoms with van der Waals surface area (Å²) in [5, 5.41) is 0. The van der Waals surface area contributed by atoms with Crippen LogP contribution in [0.1, 0.15) is 26.3 Å². The highest BCUT2D eigenvalue weighted by Gasteiger charge is 2.28. The zero-order chi connectivity index (χ0) is 12.4. The zero-order valence-corrected chi connectivity index (χ0v) is 12.0. The van der Waals surface area contributed by atoms with Crippen LogP contribution < -0.4 is 4.72 Å². The molecule has 5 heteroatoms. The van der Waals surface area contributed by atoms with Crippen molar-refractivity contribution in [3.63, 3.8) is 0 Å². The summed E-state index contributed by atoms with van der Waals surface area (Å²) in [6, 6.07) is 7.55. The molecule has 1 aromatic rings. The van der Waals surface area contributed by atoms with Crippen molar-refractivity contribution in [2.45, 2.75) is 32.1 Å². The first-order valence-electron chi connectivity index (χ1n) is 4.96. The van der Waals surface area contributed by atoms with Gasteiger partial charge in [-0.1, -0.05) is 28.1 Å². The molecule has 16 heavy (non-hydrogen) atoms. The number of nitrogens with one attached hydrogen (secondary N) is 1. The second kappa shape index (κ2) is 4.85. The molecule has 0 heterocycles. The fraction of sp³-hybridized carbons (Fsp3) is 0.455. The van der Waals surface area contributed by atoms with Crippen molar-refractivity contribution < 1.29 is 8.42 Å². The maximum atomic E-state index is 11.8. The standard InChI is InChI=1S/C11H16BrNO2S/c1-11(2,3)16(14,15)13-8-9-4-6-10(12)7-5-9/h4-7,13H,8H2,1-3H3. The average molecular weight is 306 g/mol. The molecule has 1 aromatic carbocycles. The van der Waals surface area contributed by atoms with E-state index in [9.17, 15) is 8.42 Å². The summed E-state index contributed by atoms with van der Waals surface area (Å²) < 4.78 is 26.3. The number of hydrogen-bond donors (Lipinski definition) is 1. The van der Waals surface area contributed by atoms with Gasteiger partial charge in [-0.3, -0.25) is 0 Å². The van der Waals surface area contributed by atoms with Gasteiger partial charge in [0.05, 0.1) is 4.75 Å².